The average Bonchev–Trinajstić information content (AvgIpc) is 2.78. The Morgan fingerprint density at radius 3 is 2.76 bits per heavy atom. The van der Waals surface area contributed by atoms with Gasteiger partial charge in [-0.3, -0.25) is 4.79 Å². The largest absolute Gasteiger partial charge is 0.340 e. The van der Waals surface area contributed by atoms with E-state index in [1.165, 1.54) is 12.1 Å². The zero-order valence-electron chi connectivity index (χ0n) is 12.1. The fourth-order valence-electron chi connectivity index (χ4n) is 2.40. The number of rotatable bonds is 5. The molecule has 0 aliphatic carbocycles. The summed E-state index contributed by atoms with van der Waals surface area (Å²) in [6, 6.07) is 5.90. The number of hydrogen-bond acceptors (Lipinski definition) is 2. The lowest BCUT2D eigenvalue weighted by molar-refractivity contribution is -0.127. The van der Waals surface area contributed by atoms with Gasteiger partial charge in [-0.05, 0) is 31.0 Å². The molecule has 0 radical (unpaired) electrons. The van der Waals surface area contributed by atoms with Crippen molar-refractivity contribution >= 4 is 11.9 Å². The highest BCUT2D eigenvalue weighted by molar-refractivity contribution is 5.81. The van der Waals surface area contributed by atoms with Crippen LogP contribution in [0.1, 0.15) is 18.9 Å². The van der Waals surface area contributed by atoms with Crippen molar-refractivity contribution in [2.75, 3.05) is 19.6 Å². The number of amides is 3. The van der Waals surface area contributed by atoms with Crippen LogP contribution in [0, 0.1) is 5.82 Å². The Hall–Kier alpha value is -2.11. The molecule has 1 aliphatic rings. The molecular formula is C15H20FN3O2. The van der Waals surface area contributed by atoms with Crippen molar-refractivity contribution in [3.63, 3.8) is 0 Å². The third-order valence-corrected chi connectivity index (χ3v) is 3.47. The van der Waals surface area contributed by atoms with Crippen LogP contribution in [0.3, 0.4) is 0 Å². The highest BCUT2D eigenvalue weighted by Crippen LogP contribution is 2.12. The summed E-state index contributed by atoms with van der Waals surface area (Å²) in [4.78, 5) is 25.1. The highest BCUT2D eigenvalue weighted by atomic mass is 19.1. The van der Waals surface area contributed by atoms with Crippen LogP contribution in [0.2, 0.25) is 0 Å². The van der Waals surface area contributed by atoms with Crippen LogP contribution in [0.4, 0.5) is 9.18 Å². The molecule has 2 rings (SSSR count). The van der Waals surface area contributed by atoms with E-state index in [0.29, 0.717) is 32.5 Å². The molecule has 114 valence electrons. The summed E-state index contributed by atoms with van der Waals surface area (Å²) in [5, 5.41) is 5.43. The molecule has 21 heavy (non-hydrogen) atoms. The first kappa shape index (κ1) is 15.3. The van der Waals surface area contributed by atoms with Crippen LogP contribution in [-0.2, 0) is 11.2 Å². The second kappa shape index (κ2) is 7.06. The lowest BCUT2D eigenvalue weighted by Crippen LogP contribution is -2.43. The minimum atomic E-state index is -0.262. The Morgan fingerprint density at radius 1 is 1.38 bits per heavy atom. The number of carbonyl (C=O) groups excluding carboxylic acids is 2. The quantitative estimate of drug-likeness (QED) is 0.859. The summed E-state index contributed by atoms with van der Waals surface area (Å²) in [6.07, 6.45) is 1.01. The average molecular weight is 293 g/mol. The number of likely N-dealkylation sites (tertiary alicyclic amines) is 1. The van der Waals surface area contributed by atoms with Gasteiger partial charge >= 0.3 is 6.03 Å². The van der Waals surface area contributed by atoms with Crippen LogP contribution in [-0.4, -0.2) is 42.5 Å². The normalized spacial score (nSPS) is 17.9. The van der Waals surface area contributed by atoms with E-state index in [0.717, 1.165) is 5.56 Å². The van der Waals surface area contributed by atoms with Crippen LogP contribution in [0.15, 0.2) is 24.3 Å². The Morgan fingerprint density at radius 2 is 2.10 bits per heavy atom. The molecule has 1 fully saturated rings. The van der Waals surface area contributed by atoms with Crippen molar-refractivity contribution in [1.29, 1.82) is 0 Å². The second-order valence-electron chi connectivity index (χ2n) is 5.12. The van der Waals surface area contributed by atoms with Gasteiger partial charge in [0, 0.05) is 26.1 Å². The van der Waals surface area contributed by atoms with Gasteiger partial charge < -0.3 is 15.5 Å². The summed E-state index contributed by atoms with van der Waals surface area (Å²) < 4.78 is 12.8. The van der Waals surface area contributed by atoms with Crippen molar-refractivity contribution in [2.45, 2.75) is 25.8 Å². The molecule has 1 aromatic carbocycles. The third-order valence-electron chi connectivity index (χ3n) is 3.47. The predicted octanol–water partition coefficient (Wildman–Crippen LogP) is 1.29. The number of benzene rings is 1. The van der Waals surface area contributed by atoms with E-state index in [1.807, 2.05) is 6.92 Å². The van der Waals surface area contributed by atoms with Crippen molar-refractivity contribution in [1.82, 2.24) is 15.5 Å². The Bertz CT molecular complexity index is 504. The molecule has 1 heterocycles. The van der Waals surface area contributed by atoms with Crippen molar-refractivity contribution in [3.8, 4) is 0 Å². The van der Waals surface area contributed by atoms with Gasteiger partial charge in [0.2, 0.25) is 5.91 Å². The first-order chi connectivity index (χ1) is 10.1. The van der Waals surface area contributed by atoms with E-state index in [-0.39, 0.29) is 23.8 Å². The minimum Gasteiger partial charge on any atom is -0.340 e. The van der Waals surface area contributed by atoms with Crippen molar-refractivity contribution in [2.24, 2.45) is 0 Å². The molecular weight excluding hydrogens is 273 g/mol. The molecule has 6 heteroatoms. The first-order valence-electron chi connectivity index (χ1n) is 7.15. The summed E-state index contributed by atoms with van der Waals surface area (Å²) in [7, 11) is 0. The predicted molar refractivity (Wildman–Crippen MR) is 77.3 cm³/mol. The second-order valence-corrected chi connectivity index (χ2v) is 5.12. The zero-order chi connectivity index (χ0) is 15.2. The van der Waals surface area contributed by atoms with E-state index in [1.54, 1.807) is 17.0 Å². The smallest absolute Gasteiger partial charge is 0.315 e. The van der Waals surface area contributed by atoms with Crippen LogP contribution in [0.25, 0.3) is 0 Å². The molecule has 5 nitrogen and oxygen atoms in total. The fourth-order valence-corrected chi connectivity index (χ4v) is 2.40. The van der Waals surface area contributed by atoms with Gasteiger partial charge in [0.15, 0.2) is 0 Å². The number of halogens is 1. The van der Waals surface area contributed by atoms with E-state index < -0.39 is 0 Å². The van der Waals surface area contributed by atoms with Gasteiger partial charge in [-0.1, -0.05) is 12.1 Å². The van der Waals surface area contributed by atoms with E-state index in [4.69, 9.17) is 0 Å². The molecule has 1 unspecified atom stereocenters. The van der Waals surface area contributed by atoms with Crippen LogP contribution < -0.4 is 10.6 Å². The minimum absolute atomic E-state index is 0.0407. The van der Waals surface area contributed by atoms with Crippen molar-refractivity contribution in [3.05, 3.63) is 35.6 Å². The van der Waals surface area contributed by atoms with Gasteiger partial charge in [-0.25, -0.2) is 9.18 Å². The summed E-state index contributed by atoms with van der Waals surface area (Å²) in [5.41, 5.74) is 0.990. The molecule has 3 amide bonds. The Balaban J connectivity index is 1.80. The number of urea groups is 1. The fraction of sp³-hybridized carbons (Fsp3) is 0.467. The number of hydrogen-bond donors (Lipinski definition) is 2. The molecule has 0 spiro atoms. The van der Waals surface area contributed by atoms with E-state index in [9.17, 15) is 14.0 Å². The number of carbonyl (C=O) groups is 2. The van der Waals surface area contributed by atoms with Gasteiger partial charge in [0.05, 0.1) is 6.04 Å². The summed E-state index contributed by atoms with van der Waals surface area (Å²) >= 11 is 0. The van der Waals surface area contributed by atoms with Crippen molar-refractivity contribution < 1.29 is 14.0 Å². The topological polar surface area (TPSA) is 61.4 Å². The summed E-state index contributed by atoms with van der Waals surface area (Å²) in [5.74, 6) is -0.221. The maximum absolute atomic E-state index is 12.8. The van der Waals surface area contributed by atoms with Gasteiger partial charge in [0.1, 0.15) is 5.82 Å². The number of nitrogens with one attached hydrogen (secondary N) is 2. The zero-order valence-corrected chi connectivity index (χ0v) is 12.1. The SMILES string of the molecule is CCNC(=O)NC1CC(=O)N(CCc2ccc(F)cc2)C1. The van der Waals surface area contributed by atoms with E-state index >= 15 is 0 Å². The summed E-state index contributed by atoms with van der Waals surface area (Å²) in [6.45, 7) is 3.50. The molecule has 2 N–H and O–H groups in total. The highest BCUT2D eigenvalue weighted by Gasteiger charge is 2.30. The lowest BCUT2D eigenvalue weighted by atomic mass is 10.1. The van der Waals surface area contributed by atoms with Crippen LogP contribution >= 0.6 is 0 Å². The standard InChI is InChI=1S/C15H20FN3O2/c1-2-17-15(21)18-13-9-14(20)19(10-13)8-7-11-3-5-12(16)6-4-11/h3-6,13H,2,7-10H2,1H3,(H2,17,18,21). The molecule has 0 bridgehead atoms. The van der Waals surface area contributed by atoms with Gasteiger partial charge in [-0.2, -0.15) is 0 Å². The maximum atomic E-state index is 12.8. The molecule has 0 aromatic heterocycles. The number of nitrogens with zero attached hydrogens (tertiary/aromatic N) is 1. The Labute approximate surface area is 123 Å². The Kier molecular flexibility index (Phi) is 5.14. The first-order valence-corrected chi connectivity index (χ1v) is 7.15. The third kappa shape index (κ3) is 4.44. The van der Waals surface area contributed by atoms with Gasteiger partial charge in [-0.15, -0.1) is 0 Å². The molecule has 1 aromatic rings. The lowest BCUT2D eigenvalue weighted by Gasteiger charge is -2.17. The molecule has 0 saturated carbocycles. The molecule has 1 atom stereocenters. The molecule has 1 aliphatic heterocycles. The van der Waals surface area contributed by atoms with E-state index in [2.05, 4.69) is 10.6 Å². The molecule has 1 saturated heterocycles. The van der Waals surface area contributed by atoms with Gasteiger partial charge in [0.25, 0.3) is 0 Å². The maximum Gasteiger partial charge on any atom is 0.315 e. The monoisotopic (exact) mass is 293 g/mol. The van der Waals surface area contributed by atoms with Crippen LogP contribution in [0.5, 0.6) is 0 Å².